The first-order valence-corrected chi connectivity index (χ1v) is 10.8. The van der Waals surface area contributed by atoms with Crippen LogP contribution >= 0.6 is 0 Å². The van der Waals surface area contributed by atoms with Crippen molar-refractivity contribution in [1.29, 1.82) is 0 Å². The molecule has 1 fully saturated rings. The minimum absolute atomic E-state index is 0.0478. The molecule has 0 amide bonds. The zero-order valence-electron chi connectivity index (χ0n) is 16.2. The van der Waals surface area contributed by atoms with Crippen LogP contribution in [0.5, 0.6) is 0 Å². The largest absolute Gasteiger partial charge is 0.453 e. The molecular weight excluding hydrogens is 421 g/mol. The molecule has 30 heavy (non-hydrogen) atoms. The van der Waals surface area contributed by atoms with Crippen LogP contribution in [-0.2, 0) is 22.7 Å². The van der Waals surface area contributed by atoms with Crippen molar-refractivity contribution in [3.05, 3.63) is 46.8 Å². The van der Waals surface area contributed by atoms with E-state index in [1.54, 1.807) is 38.1 Å². The predicted molar refractivity (Wildman–Crippen MR) is 105 cm³/mol. The second-order valence-corrected chi connectivity index (χ2v) is 9.13. The maximum atomic E-state index is 13.2. The van der Waals surface area contributed by atoms with E-state index < -0.39 is 22.0 Å². The summed E-state index contributed by atoms with van der Waals surface area (Å²) in [5.41, 5.74) is 2.58. The number of fused-ring (bicyclic) bond motifs is 1. The fraction of sp³-hybridized carbons (Fsp3) is 0.389. The molecule has 160 valence electrons. The molecule has 0 atom stereocenters. The summed E-state index contributed by atoms with van der Waals surface area (Å²) in [6.45, 7) is 4.08. The van der Waals surface area contributed by atoms with Gasteiger partial charge in [0, 0.05) is 18.7 Å². The second kappa shape index (κ2) is 7.11. The molecule has 1 saturated heterocycles. The molecule has 4 rings (SSSR count). The van der Waals surface area contributed by atoms with E-state index in [-0.39, 0.29) is 23.8 Å². The number of sulfonamides is 1. The number of hydrogen-bond donors (Lipinski definition) is 1. The Bertz CT molecular complexity index is 1220. The number of hydrogen-bond acceptors (Lipinski definition) is 6. The quantitative estimate of drug-likeness (QED) is 0.671. The fourth-order valence-corrected chi connectivity index (χ4v) is 4.97. The van der Waals surface area contributed by atoms with Gasteiger partial charge in [0.15, 0.2) is 11.5 Å². The standard InChI is InChI=1S/C18H19F3N6O2S/c1-11-12(2)16-23-24-17(18(19,20)21)27(16)25-15(11)22-10-13-5-3-6-14(9-13)26-7-4-8-30(26,28)29/h3,5-6,9H,4,7-8,10H2,1-2H3,(H,22,25). The van der Waals surface area contributed by atoms with Crippen LogP contribution in [0.4, 0.5) is 24.7 Å². The topological polar surface area (TPSA) is 92.5 Å². The molecule has 1 N–H and O–H groups in total. The van der Waals surface area contributed by atoms with Crippen LogP contribution in [0.15, 0.2) is 24.3 Å². The van der Waals surface area contributed by atoms with E-state index in [0.29, 0.717) is 34.3 Å². The smallest absolute Gasteiger partial charge is 0.364 e. The van der Waals surface area contributed by atoms with Gasteiger partial charge in [0.2, 0.25) is 10.0 Å². The SMILES string of the molecule is Cc1c(NCc2cccc(N3CCCS3(=O)=O)c2)nn2c(C(F)(F)F)nnc2c1C. The molecule has 0 radical (unpaired) electrons. The molecule has 1 aliphatic rings. The van der Waals surface area contributed by atoms with Gasteiger partial charge in [-0.25, -0.2) is 8.42 Å². The van der Waals surface area contributed by atoms with Crippen LogP contribution in [0.3, 0.4) is 0 Å². The molecule has 12 heteroatoms. The molecule has 1 aromatic carbocycles. The van der Waals surface area contributed by atoms with Crippen LogP contribution in [0.25, 0.3) is 5.65 Å². The van der Waals surface area contributed by atoms with Gasteiger partial charge in [-0.2, -0.15) is 17.7 Å². The van der Waals surface area contributed by atoms with Crippen LogP contribution in [-0.4, -0.2) is 40.5 Å². The van der Waals surface area contributed by atoms with Crippen molar-refractivity contribution in [2.75, 3.05) is 21.9 Å². The summed E-state index contributed by atoms with van der Waals surface area (Å²) in [5, 5.41) is 13.9. The first-order chi connectivity index (χ1) is 14.1. The number of nitrogens with one attached hydrogen (secondary N) is 1. The summed E-state index contributed by atoms with van der Waals surface area (Å²) in [6.07, 6.45) is -4.10. The highest BCUT2D eigenvalue weighted by Crippen LogP contribution is 2.30. The maximum Gasteiger partial charge on any atom is 0.453 e. The van der Waals surface area contributed by atoms with Crippen molar-refractivity contribution < 1.29 is 21.6 Å². The molecule has 3 heterocycles. The van der Waals surface area contributed by atoms with Gasteiger partial charge in [-0.3, -0.25) is 4.31 Å². The lowest BCUT2D eigenvalue weighted by Crippen LogP contribution is -2.25. The van der Waals surface area contributed by atoms with Gasteiger partial charge in [0.1, 0.15) is 0 Å². The van der Waals surface area contributed by atoms with Gasteiger partial charge < -0.3 is 5.32 Å². The van der Waals surface area contributed by atoms with Gasteiger partial charge in [0.05, 0.1) is 11.4 Å². The van der Waals surface area contributed by atoms with Crippen molar-refractivity contribution in [3.63, 3.8) is 0 Å². The first-order valence-electron chi connectivity index (χ1n) is 9.21. The van der Waals surface area contributed by atoms with Crippen molar-refractivity contribution in [1.82, 2.24) is 19.8 Å². The number of aromatic nitrogens is 4. The van der Waals surface area contributed by atoms with Crippen LogP contribution in [0, 0.1) is 13.8 Å². The maximum absolute atomic E-state index is 13.2. The monoisotopic (exact) mass is 440 g/mol. The summed E-state index contributed by atoms with van der Waals surface area (Å²) in [5.74, 6) is -0.798. The molecule has 0 aliphatic carbocycles. The third-order valence-electron chi connectivity index (χ3n) is 5.11. The fourth-order valence-electron chi connectivity index (χ4n) is 3.41. The predicted octanol–water partition coefficient (Wildman–Crippen LogP) is 2.91. The summed E-state index contributed by atoms with van der Waals surface area (Å²) in [7, 11) is -3.30. The Balaban J connectivity index is 1.63. The van der Waals surface area contributed by atoms with E-state index in [2.05, 4.69) is 20.6 Å². The van der Waals surface area contributed by atoms with Gasteiger partial charge >= 0.3 is 6.18 Å². The Morgan fingerprint density at radius 3 is 2.60 bits per heavy atom. The number of aryl methyl sites for hydroxylation is 1. The first kappa shape index (κ1) is 20.4. The summed E-state index contributed by atoms with van der Waals surface area (Å²) in [4.78, 5) is 0. The number of anilines is 2. The number of nitrogens with zero attached hydrogens (tertiary/aromatic N) is 5. The average Bonchev–Trinajstić information content (AvgIpc) is 3.26. The molecule has 0 spiro atoms. The Kier molecular flexibility index (Phi) is 4.83. The van der Waals surface area contributed by atoms with Crippen LogP contribution < -0.4 is 9.62 Å². The second-order valence-electron chi connectivity index (χ2n) is 7.12. The van der Waals surface area contributed by atoms with Crippen LogP contribution in [0.2, 0.25) is 0 Å². The highest BCUT2D eigenvalue weighted by molar-refractivity contribution is 7.93. The normalized spacial score (nSPS) is 16.4. The number of alkyl halides is 3. The molecule has 3 aromatic rings. The lowest BCUT2D eigenvalue weighted by atomic mass is 10.1. The highest BCUT2D eigenvalue weighted by atomic mass is 32.2. The van der Waals surface area contributed by atoms with Crippen molar-refractivity contribution in [2.45, 2.75) is 33.0 Å². The number of rotatable bonds is 4. The molecule has 2 aromatic heterocycles. The minimum Gasteiger partial charge on any atom is -0.364 e. The third kappa shape index (κ3) is 3.55. The average molecular weight is 440 g/mol. The third-order valence-corrected chi connectivity index (χ3v) is 6.97. The van der Waals surface area contributed by atoms with E-state index in [0.717, 1.165) is 5.56 Å². The lowest BCUT2D eigenvalue weighted by Gasteiger charge is -2.18. The Labute approximate surface area is 170 Å². The summed E-state index contributed by atoms with van der Waals surface area (Å²) < 4.78 is 65.9. The van der Waals surface area contributed by atoms with E-state index in [1.165, 1.54) is 4.31 Å². The van der Waals surface area contributed by atoms with Gasteiger partial charge in [-0.05, 0) is 43.5 Å². The van der Waals surface area contributed by atoms with E-state index in [1.807, 2.05) is 0 Å². The van der Waals surface area contributed by atoms with E-state index in [4.69, 9.17) is 0 Å². The van der Waals surface area contributed by atoms with E-state index in [9.17, 15) is 21.6 Å². The Morgan fingerprint density at radius 2 is 1.93 bits per heavy atom. The highest BCUT2D eigenvalue weighted by Gasteiger charge is 2.38. The van der Waals surface area contributed by atoms with Crippen molar-refractivity contribution in [2.24, 2.45) is 0 Å². The molecular formula is C18H19F3N6O2S. The lowest BCUT2D eigenvalue weighted by molar-refractivity contribution is -0.146. The van der Waals surface area contributed by atoms with Gasteiger partial charge in [-0.15, -0.1) is 15.3 Å². The number of halogens is 3. The molecule has 0 unspecified atom stereocenters. The van der Waals surface area contributed by atoms with Crippen molar-refractivity contribution >= 4 is 27.2 Å². The van der Waals surface area contributed by atoms with E-state index >= 15 is 0 Å². The molecule has 0 saturated carbocycles. The minimum atomic E-state index is -4.68. The number of benzene rings is 1. The zero-order valence-corrected chi connectivity index (χ0v) is 17.0. The Hall–Kier alpha value is -2.89. The van der Waals surface area contributed by atoms with Crippen molar-refractivity contribution in [3.8, 4) is 0 Å². The van der Waals surface area contributed by atoms with Gasteiger partial charge in [-0.1, -0.05) is 12.1 Å². The summed E-state index contributed by atoms with van der Waals surface area (Å²) in [6, 6.07) is 7.02. The van der Waals surface area contributed by atoms with Gasteiger partial charge in [0.25, 0.3) is 5.82 Å². The molecule has 8 nitrogen and oxygen atoms in total. The summed E-state index contributed by atoms with van der Waals surface area (Å²) >= 11 is 0. The molecule has 1 aliphatic heterocycles. The Morgan fingerprint density at radius 1 is 1.17 bits per heavy atom. The molecule has 0 bridgehead atoms. The zero-order chi connectivity index (χ0) is 21.7. The van der Waals surface area contributed by atoms with Crippen LogP contribution in [0.1, 0.15) is 28.9 Å².